The third-order valence-corrected chi connectivity index (χ3v) is 5.28. The molecule has 0 aliphatic heterocycles. The number of carbonyl (C=O) groups is 1. The Bertz CT molecular complexity index is 1360. The van der Waals surface area contributed by atoms with Crippen LogP contribution in [0.2, 0.25) is 0 Å². The number of hydrogen-bond donors (Lipinski definition) is 2. The number of fused-ring (bicyclic) bond motifs is 1. The highest BCUT2D eigenvalue weighted by Gasteiger charge is 2.12. The van der Waals surface area contributed by atoms with Crippen molar-refractivity contribution in [2.75, 3.05) is 19.5 Å². The van der Waals surface area contributed by atoms with Gasteiger partial charge in [-0.1, -0.05) is 12.1 Å². The first-order valence-electron chi connectivity index (χ1n) is 10.6. The van der Waals surface area contributed by atoms with Crippen LogP contribution in [0.1, 0.15) is 5.56 Å². The Morgan fingerprint density at radius 1 is 0.943 bits per heavy atom. The Hall–Kier alpha value is -4.24. The first-order valence-corrected chi connectivity index (χ1v) is 11.0. The highest BCUT2D eigenvalue weighted by atomic mass is 32.1. The molecule has 0 fully saturated rings. The molecule has 4 rings (SSSR count). The molecule has 35 heavy (non-hydrogen) atoms. The number of amides is 1. The maximum atomic E-state index is 13.0. The Kier molecular flexibility index (Phi) is 7.37. The van der Waals surface area contributed by atoms with E-state index in [2.05, 4.69) is 15.6 Å². The van der Waals surface area contributed by atoms with Crippen molar-refractivity contribution in [2.24, 2.45) is 0 Å². The minimum atomic E-state index is -0.351. The summed E-state index contributed by atoms with van der Waals surface area (Å²) in [7, 11) is 3.14. The van der Waals surface area contributed by atoms with Crippen molar-refractivity contribution in [1.29, 1.82) is 0 Å². The molecule has 178 valence electrons. The highest BCUT2D eigenvalue weighted by Crippen LogP contribution is 2.36. The van der Waals surface area contributed by atoms with Crippen molar-refractivity contribution in [3.05, 3.63) is 84.3 Å². The molecule has 0 saturated carbocycles. The summed E-state index contributed by atoms with van der Waals surface area (Å²) in [6, 6.07) is 18.2. The topological polar surface area (TPSA) is 81.7 Å². The van der Waals surface area contributed by atoms with Crippen LogP contribution in [0.5, 0.6) is 23.0 Å². The second kappa shape index (κ2) is 10.8. The van der Waals surface area contributed by atoms with E-state index in [0.29, 0.717) is 39.8 Å². The molecule has 9 heteroatoms. The van der Waals surface area contributed by atoms with Crippen molar-refractivity contribution in [1.82, 2.24) is 10.3 Å². The van der Waals surface area contributed by atoms with Gasteiger partial charge >= 0.3 is 0 Å². The molecule has 0 atom stereocenters. The number of benzene rings is 3. The number of halogens is 1. The van der Waals surface area contributed by atoms with E-state index in [9.17, 15) is 9.18 Å². The van der Waals surface area contributed by atoms with Crippen LogP contribution in [-0.2, 0) is 11.2 Å². The summed E-state index contributed by atoms with van der Waals surface area (Å²) in [5.41, 5.74) is 2.07. The quantitative estimate of drug-likeness (QED) is 0.342. The summed E-state index contributed by atoms with van der Waals surface area (Å²) in [5.74, 6) is 1.72. The van der Waals surface area contributed by atoms with Crippen LogP contribution >= 0.6 is 12.2 Å². The molecule has 4 aromatic rings. The Labute approximate surface area is 206 Å². The van der Waals surface area contributed by atoms with Gasteiger partial charge in [-0.2, -0.15) is 0 Å². The van der Waals surface area contributed by atoms with Gasteiger partial charge in [0, 0.05) is 23.3 Å². The van der Waals surface area contributed by atoms with Gasteiger partial charge in [-0.05, 0) is 66.3 Å². The zero-order chi connectivity index (χ0) is 24.8. The smallest absolute Gasteiger partial charge is 0.230 e. The number of nitrogens with zero attached hydrogens (tertiary/aromatic N) is 1. The van der Waals surface area contributed by atoms with Gasteiger partial charge in [0.05, 0.1) is 26.2 Å². The van der Waals surface area contributed by atoms with E-state index >= 15 is 0 Å². The lowest BCUT2D eigenvalue weighted by Gasteiger charge is -2.13. The molecule has 1 heterocycles. The Morgan fingerprint density at radius 2 is 1.63 bits per heavy atom. The van der Waals surface area contributed by atoms with Crippen LogP contribution in [0.4, 0.5) is 10.1 Å². The van der Waals surface area contributed by atoms with Crippen LogP contribution in [0, 0.1) is 5.82 Å². The van der Waals surface area contributed by atoms with E-state index < -0.39 is 0 Å². The normalized spacial score (nSPS) is 10.5. The number of anilines is 1. The van der Waals surface area contributed by atoms with Crippen molar-refractivity contribution >= 4 is 39.8 Å². The standard InChI is InChI=1S/C26H22FN3O4S/c1-32-23-14-20-21(15-24(23)33-2)28-12-11-22(20)34-19-9-7-18(8-10-19)29-26(35)30-25(31)13-16-3-5-17(27)6-4-16/h3-12,14-15H,13H2,1-2H3,(H2,29,30,31,35). The second-order valence-electron chi connectivity index (χ2n) is 7.47. The molecule has 0 aliphatic rings. The summed E-state index contributed by atoms with van der Waals surface area (Å²) in [4.78, 5) is 16.6. The van der Waals surface area contributed by atoms with Crippen LogP contribution in [0.15, 0.2) is 72.9 Å². The fraction of sp³-hybridized carbons (Fsp3) is 0.115. The van der Waals surface area contributed by atoms with Gasteiger partial charge < -0.3 is 24.8 Å². The largest absolute Gasteiger partial charge is 0.493 e. The second-order valence-corrected chi connectivity index (χ2v) is 7.87. The number of aromatic nitrogens is 1. The lowest BCUT2D eigenvalue weighted by Crippen LogP contribution is -2.35. The van der Waals surface area contributed by atoms with Gasteiger partial charge in [0.25, 0.3) is 0 Å². The average Bonchev–Trinajstić information content (AvgIpc) is 2.85. The van der Waals surface area contributed by atoms with Gasteiger partial charge in [0.1, 0.15) is 17.3 Å². The van der Waals surface area contributed by atoms with Crippen molar-refractivity contribution in [3.8, 4) is 23.0 Å². The first-order chi connectivity index (χ1) is 16.9. The number of hydrogen-bond acceptors (Lipinski definition) is 6. The molecule has 7 nitrogen and oxygen atoms in total. The van der Waals surface area contributed by atoms with Gasteiger partial charge in [0.15, 0.2) is 16.6 Å². The number of pyridine rings is 1. The third kappa shape index (κ3) is 6.01. The number of nitrogens with one attached hydrogen (secondary N) is 2. The number of ether oxygens (including phenoxy) is 3. The Balaban J connectivity index is 1.39. The van der Waals surface area contributed by atoms with Crippen LogP contribution in [0.25, 0.3) is 10.9 Å². The monoisotopic (exact) mass is 491 g/mol. The maximum absolute atomic E-state index is 13.0. The minimum absolute atomic E-state index is 0.0887. The van der Waals surface area contributed by atoms with Crippen molar-refractivity contribution in [2.45, 2.75) is 6.42 Å². The lowest BCUT2D eigenvalue weighted by molar-refractivity contribution is -0.119. The molecule has 0 aliphatic carbocycles. The molecule has 0 bridgehead atoms. The molecule has 0 spiro atoms. The number of methoxy groups -OCH3 is 2. The van der Waals surface area contributed by atoms with Gasteiger partial charge in [-0.25, -0.2) is 4.39 Å². The van der Waals surface area contributed by atoms with E-state index in [1.165, 1.54) is 12.1 Å². The van der Waals surface area contributed by atoms with Crippen molar-refractivity contribution < 1.29 is 23.4 Å². The summed E-state index contributed by atoms with van der Waals surface area (Å²) in [6.45, 7) is 0. The number of rotatable bonds is 7. The zero-order valence-electron chi connectivity index (χ0n) is 19.0. The molecule has 1 amide bonds. The molecule has 2 N–H and O–H groups in total. The van der Waals surface area contributed by atoms with Crippen LogP contribution < -0.4 is 24.8 Å². The van der Waals surface area contributed by atoms with E-state index in [-0.39, 0.29) is 23.3 Å². The van der Waals surface area contributed by atoms with Crippen LogP contribution in [-0.4, -0.2) is 30.2 Å². The van der Waals surface area contributed by atoms with Gasteiger partial charge in [-0.15, -0.1) is 0 Å². The average molecular weight is 492 g/mol. The molecule has 0 radical (unpaired) electrons. The van der Waals surface area contributed by atoms with Crippen molar-refractivity contribution in [3.63, 3.8) is 0 Å². The Morgan fingerprint density at radius 3 is 2.31 bits per heavy atom. The zero-order valence-corrected chi connectivity index (χ0v) is 19.8. The number of thiocarbonyl (C=S) groups is 1. The lowest BCUT2D eigenvalue weighted by atomic mass is 10.1. The van der Waals surface area contributed by atoms with Gasteiger partial charge in [0.2, 0.25) is 5.91 Å². The summed E-state index contributed by atoms with van der Waals surface area (Å²) < 4.78 is 29.8. The van der Waals surface area contributed by atoms with E-state index in [1.807, 2.05) is 6.07 Å². The predicted octanol–water partition coefficient (Wildman–Crippen LogP) is 5.24. The maximum Gasteiger partial charge on any atom is 0.230 e. The third-order valence-electron chi connectivity index (χ3n) is 5.08. The molecular weight excluding hydrogens is 469 g/mol. The fourth-order valence-electron chi connectivity index (χ4n) is 3.39. The van der Waals surface area contributed by atoms with E-state index in [1.54, 1.807) is 68.9 Å². The predicted molar refractivity (Wildman–Crippen MR) is 136 cm³/mol. The molecular formula is C26H22FN3O4S. The fourth-order valence-corrected chi connectivity index (χ4v) is 3.62. The molecule has 3 aromatic carbocycles. The number of carbonyl (C=O) groups excluding carboxylic acids is 1. The van der Waals surface area contributed by atoms with E-state index in [0.717, 1.165) is 5.39 Å². The van der Waals surface area contributed by atoms with Crippen LogP contribution in [0.3, 0.4) is 0 Å². The minimum Gasteiger partial charge on any atom is -0.493 e. The molecule has 0 unspecified atom stereocenters. The molecule has 0 saturated heterocycles. The summed E-state index contributed by atoms with van der Waals surface area (Å²) in [5, 5.41) is 6.51. The summed E-state index contributed by atoms with van der Waals surface area (Å²) in [6.07, 6.45) is 1.75. The van der Waals surface area contributed by atoms with Gasteiger partial charge in [-0.3, -0.25) is 9.78 Å². The highest BCUT2D eigenvalue weighted by molar-refractivity contribution is 7.80. The summed E-state index contributed by atoms with van der Waals surface area (Å²) >= 11 is 5.22. The SMILES string of the molecule is COc1cc2nccc(Oc3ccc(NC(=S)NC(=O)Cc4ccc(F)cc4)cc3)c2cc1OC. The first kappa shape index (κ1) is 23.9. The molecule has 1 aromatic heterocycles. The van der Waals surface area contributed by atoms with E-state index in [4.69, 9.17) is 26.4 Å².